The molecule has 8 heteroatoms. The number of ether oxygens (including phenoxy) is 3. The molecule has 42 heavy (non-hydrogen) atoms. The largest absolute Gasteiger partial charge is 0.487 e. The number of anilines is 1. The molecule has 0 saturated carbocycles. The molecule has 1 aliphatic rings. The maximum atomic E-state index is 15.9. The smallest absolute Gasteiger partial charge is 0.340 e. The van der Waals surface area contributed by atoms with Crippen molar-refractivity contribution in [2.45, 2.75) is 32.0 Å². The van der Waals surface area contributed by atoms with Gasteiger partial charge in [0, 0.05) is 48.8 Å². The standard InChI is InChI=1S/C34H32FN3O4/c1-40-34(39)28-20-36-33(38(21-23-9-4-2-5-10-23)22-24-11-6-3-7-12-24)32-27(28)19-29(37-32)26-13-8-14-30(31(26)35)42-25-15-17-41-18-16-25/h2-14,19-20,25,37H,15-18,21-22H2,1H3. The van der Waals surface area contributed by atoms with Gasteiger partial charge in [-0.05, 0) is 29.3 Å². The highest BCUT2D eigenvalue weighted by Gasteiger charge is 2.24. The second-order valence-electron chi connectivity index (χ2n) is 10.3. The Hall–Kier alpha value is -4.69. The third-order valence-corrected chi connectivity index (χ3v) is 7.50. The van der Waals surface area contributed by atoms with Gasteiger partial charge >= 0.3 is 5.97 Å². The number of esters is 1. The highest BCUT2D eigenvalue weighted by atomic mass is 19.1. The summed E-state index contributed by atoms with van der Waals surface area (Å²) in [5, 5.41) is 0.600. The molecule has 1 aliphatic heterocycles. The molecule has 0 atom stereocenters. The number of nitrogens with zero attached hydrogens (tertiary/aromatic N) is 2. The number of pyridine rings is 1. The molecule has 1 N–H and O–H groups in total. The highest BCUT2D eigenvalue weighted by molar-refractivity contribution is 6.07. The maximum absolute atomic E-state index is 15.9. The second kappa shape index (κ2) is 12.4. The normalized spacial score (nSPS) is 13.7. The predicted molar refractivity (Wildman–Crippen MR) is 160 cm³/mol. The molecule has 5 aromatic rings. The van der Waals surface area contributed by atoms with Crippen molar-refractivity contribution in [1.82, 2.24) is 9.97 Å². The van der Waals surface area contributed by atoms with E-state index in [4.69, 9.17) is 19.2 Å². The minimum atomic E-state index is -0.514. The summed E-state index contributed by atoms with van der Waals surface area (Å²) in [5.74, 6) is -0.138. The summed E-state index contributed by atoms with van der Waals surface area (Å²) in [5.41, 5.74) is 3.99. The van der Waals surface area contributed by atoms with E-state index in [1.165, 1.54) is 13.3 Å². The Morgan fingerprint density at radius 1 is 0.976 bits per heavy atom. The van der Waals surface area contributed by atoms with Crippen LogP contribution < -0.4 is 9.64 Å². The number of methoxy groups -OCH3 is 1. The molecule has 0 aliphatic carbocycles. The average Bonchev–Trinajstić information content (AvgIpc) is 3.48. The first-order valence-electron chi connectivity index (χ1n) is 14.1. The Morgan fingerprint density at radius 2 is 1.64 bits per heavy atom. The van der Waals surface area contributed by atoms with Gasteiger partial charge in [-0.2, -0.15) is 0 Å². The molecule has 0 radical (unpaired) electrons. The summed E-state index contributed by atoms with van der Waals surface area (Å²) in [6.07, 6.45) is 2.86. The number of carbonyl (C=O) groups is 1. The van der Waals surface area contributed by atoms with Crippen molar-refractivity contribution in [2.75, 3.05) is 25.2 Å². The summed E-state index contributed by atoms with van der Waals surface area (Å²) in [6.45, 7) is 2.35. The number of rotatable bonds is 9. The molecule has 214 valence electrons. The van der Waals surface area contributed by atoms with E-state index in [1.54, 1.807) is 24.3 Å². The van der Waals surface area contributed by atoms with Crippen LogP contribution in [0.25, 0.3) is 22.2 Å². The Balaban J connectivity index is 1.45. The molecular formula is C34H32FN3O4. The summed E-state index contributed by atoms with van der Waals surface area (Å²) in [4.78, 5) is 23.1. The Morgan fingerprint density at radius 3 is 2.29 bits per heavy atom. The van der Waals surface area contributed by atoms with Gasteiger partial charge in [0.25, 0.3) is 0 Å². The fraction of sp³-hybridized carbons (Fsp3) is 0.235. The van der Waals surface area contributed by atoms with Gasteiger partial charge in [0.05, 0.1) is 31.4 Å². The van der Waals surface area contributed by atoms with Crippen LogP contribution in [0.15, 0.2) is 91.1 Å². The quantitative estimate of drug-likeness (QED) is 0.196. The zero-order valence-electron chi connectivity index (χ0n) is 23.4. The lowest BCUT2D eigenvalue weighted by Crippen LogP contribution is -2.26. The first kappa shape index (κ1) is 27.5. The van der Waals surface area contributed by atoms with Crippen molar-refractivity contribution in [2.24, 2.45) is 0 Å². The third-order valence-electron chi connectivity index (χ3n) is 7.50. The van der Waals surface area contributed by atoms with E-state index in [2.05, 4.69) is 34.1 Å². The van der Waals surface area contributed by atoms with Crippen molar-refractivity contribution in [3.63, 3.8) is 0 Å². The number of aromatic amines is 1. The lowest BCUT2D eigenvalue weighted by atomic mass is 10.1. The van der Waals surface area contributed by atoms with Crippen molar-refractivity contribution in [1.29, 1.82) is 0 Å². The fourth-order valence-electron chi connectivity index (χ4n) is 5.36. The van der Waals surface area contributed by atoms with Crippen molar-refractivity contribution in [3.05, 3.63) is 114 Å². The van der Waals surface area contributed by atoms with Gasteiger partial charge < -0.3 is 24.1 Å². The van der Waals surface area contributed by atoms with E-state index >= 15 is 4.39 Å². The van der Waals surface area contributed by atoms with Crippen LogP contribution in [0.3, 0.4) is 0 Å². The Bertz CT molecular complexity index is 1630. The van der Waals surface area contributed by atoms with Gasteiger partial charge in [0.1, 0.15) is 6.10 Å². The summed E-state index contributed by atoms with van der Waals surface area (Å²) in [7, 11) is 1.34. The fourth-order valence-corrected chi connectivity index (χ4v) is 5.36. The number of fused-ring (bicyclic) bond motifs is 1. The highest BCUT2D eigenvalue weighted by Crippen LogP contribution is 2.36. The zero-order chi connectivity index (χ0) is 28.9. The van der Waals surface area contributed by atoms with Crippen LogP contribution >= 0.6 is 0 Å². The van der Waals surface area contributed by atoms with Crippen LogP contribution in [0, 0.1) is 5.82 Å². The van der Waals surface area contributed by atoms with E-state index in [0.29, 0.717) is 72.7 Å². The topological polar surface area (TPSA) is 76.7 Å². The van der Waals surface area contributed by atoms with Crippen LogP contribution in [0.4, 0.5) is 10.2 Å². The third kappa shape index (κ3) is 5.85. The van der Waals surface area contributed by atoms with Gasteiger partial charge in [0.2, 0.25) is 0 Å². The summed E-state index contributed by atoms with van der Waals surface area (Å²) >= 11 is 0. The minimum Gasteiger partial charge on any atom is -0.487 e. The SMILES string of the molecule is COC(=O)c1cnc(N(Cc2ccccc2)Cc2ccccc2)c2[nH]c(-c3cccc(OC4CCOCC4)c3F)cc12. The van der Waals surface area contributed by atoms with Crippen LogP contribution in [0.2, 0.25) is 0 Å². The average molecular weight is 566 g/mol. The monoisotopic (exact) mass is 565 g/mol. The van der Waals surface area contributed by atoms with Gasteiger partial charge in [-0.3, -0.25) is 0 Å². The van der Waals surface area contributed by atoms with Gasteiger partial charge in [-0.15, -0.1) is 0 Å². The molecule has 6 rings (SSSR count). The van der Waals surface area contributed by atoms with Crippen LogP contribution in [-0.4, -0.2) is 42.4 Å². The number of H-pyrrole nitrogens is 1. The van der Waals surface area contributed by atoms with Gasteiger partial charge in [0.15, 0.2) is 17.4 Å². The summed E-state index contributed by atoms with van der Waals surface area (Å²) < 4.78 is 32.4. The lowest BCUT2D eigenvalue weighted by Gasteiger charge is -2.25. The van der Waals surface area contributed by atoms with E-state index in [0.717, 1.165) is 11.1 Å². The van der Waals surface area contributed by atoms with Gasteiger partial charge in [-0.25, -0.2) is 14.2 Å². The lowest BCUT2D eigenvalue weighted by molar-refractivity contribution is 0.0240. The van der Waals surface area contributed by atoms with Crippen LogP contribution in [0.1, 0.15) is 34.3 Å². The molecule has 0 spiro atoms. The van der Waals surface area contributed by atoms with E-state index < -0.39 is 11.8 Å². The van der Waals surface area contributed by atoms with E-state index in [1.807, 2.05) is 36.4 Å². The first-order valence-corrected chi connectivity index (χ1v) is 14.1. The second-order valence-corrected chi connectivity index (χ2v) is 10.3. The molecule has 2 aromatic heterocycles. The maximum Gasteiger partial charge on any atom is 0.340 e. The molecule has 0 unspecified atom stereocenters. The van der Waals surface area contributed by atoms with Crippen molar-refractivity contribution in [3.8, 4) is 17.0 Å². The van der Waals surface area contributed by atoms with Crippen LogP contribution in [0.5, 0.6) is 5.75 Å². The number of aromatic nitrogens is 2. The first-order chi connectivity index (χ1) is 20.6. The molecule has 1 saturated heterocycles. The molecule has 1 fully saturated rings. The minimum absolute atomic E-state index is 0.0996. The zero-order valence-corrected chi connectivity index (χ0v) is 23.4. The van der Waals surface area contributed by atoms with Crippen LogP contribution in [-0.2, 0) is 22.6 Å². The van der Waals surface area contributed by atoms with E-state index in [9.17, 15) is 4.79 Å². The van der Waals surface area contributed by atoms with Crippen molar-refractivity contribution >= 4 is 22.7 Å². The molecule has 0 bridgehead atoms. The Kier molecular flexibility index (Phi) is 8.14. The number of halogens is 1. The summed E-state index contributed by atoms with van der Waals surface area (Å²) in [6, 6.07) is 27.2. The number of carbonyl (C=O) groups excluding carboxylic acids is 1. The molecule has 7 nitrogen and oxygen atoms in total. The van der Waals surface area contributed by atoms with E-state index in [-0.39, 0.29) is 11.9 Å². The molecule has 3 heterocycles. The Labute approximate surface area is 243 Å². The number of nitrogens with one attached hydrogen (secondary N) is 1. The molecule has 3 aromatic carbocycles. The number of hydrogen-bond donors (Lipinski definition) is 1. The predicted octanol–water partition coefficient (Wildman–Crippen LogP) is 6.92. The van der Waals surface area contributed by atoms with Crippen molar-refractivity contribution < 1.29 is 23.4 Å². The van der Waals surface area contributed by atoms with Gasteiger partial charge in [-0.1, -0.05) is 66.7 Å². The number of hydrogen-bond acceptors (Lipinski definition) is 6. The molecule has 0 amide bonds. The number of benzene rings is 3. The molecular weight excluding hydrogens is 533 g/mol.